The number of alkyl halides is 4. The van der Waals surface area contributed by atoms with E-state index in [4.69, 9.17) is 93.5 Å². The predicted molar refractivity (Wildman–Crippen MR) is 73.9 cm³/mol. The minimum absolute atomic E-state index is 0.131. The van der Waals surface area contributed by atoms with E-state index in [-0.39, 0.29) is 7.88 Å². The molecule has 6 nitrogen and oxygen atoms in total. The van der Waals surface area contributed by atoms with Crippen LogP contribution in [0.3, 0.4) is 0 Å². The fourth-order valence-corrected chi connectivity index (χ4v) is 1.71. The van der Waals surface area contributed by atoms with Crippen molar-refractivity contribution in [3.63, 3.8) is 0 Å². The van der Waals surface area contributed by atoms with Gasteiger partial charge in [-0.25, -0.2) is 0 Å². The lowest BCUT2D eigenvalue weighted by molar-refractivity contribution is -0.141. The summed E-state index contributed by atoms with van der Waals surface area (Å²) in [6.45, 7) is 0. The maximum atomic E-state index is 11.3. The molecule has 0 fully saturated rings. The molecule has 19 heavy (non-hydrogen) atoms. The van der Waals surface area contributed by atoms with E-state index in [1.54, 1.807) is 0 Å². The normalized spacial score (nSPS) is 12.5. The Kier molecular flexibility index (Phi) is 9.13. The van der Waals surface area contributed by atoms with E-state index in [0.29, 0.717) is 0 Å². The van der Waals surface area contributed by atoms with Crippen LogP contribution in [0.4, 0.5) is 0 Å². The van der Waals surface area contributed by atoms with Gasteiger partial charge in [-0.1, -0.05) is 54.3 Å². The summed E-state index contributed by atoms with van der Waals surface area (Å²) in [6.07, 6.45) is 0. The molecule has 0 spiro atoms. The molecule has 0 aliphatic heterocycles. The Bertz CT molecular complexity index is 320. The highest BCUT2D eigenvalue weighted by Crippen LogP contribution is 2.32. The first-order chi connectivity index (χ1) is 8.44. The van der Waals surface area contributed by atoms with Gasteiger partial charge in [-0.05, 0) is 47.1 Å². The lowest BCUT2D eigenvalue weighted by atomic mass is 10.7. The first-order valence-corrected chi connectivity index (χ1v) is 7.47. The van der Waals surface area contributed by atoms with Crippen molar-refractivity contribution in [2.24, 2.45) is 0 Å². The molecule has 0 saturated carbocycles. The molecule has 15 heteroatoms. The first kappa shape index (κ1) is 20.7. The van der Waals surface area contributed by atoms with Crippen LogP contribution in [0.25, 0.3) is 0 Å². The Balaban J connectivity index is 4.33. The second-order valence-corrected chi connectivity index (χ2v) is 7.39. The van der Waals surface area contributed by atoms with Crippen LogP contribution >= 0.6 is 93.5 Å². The predicted octanol–water partition coefficient (Wildman–Crippen LogP) is 3.09. The van der Waals surface area contributed by atoms with Crippen LogP contribution in [0.15, 0.2) is 0 Å². The van der Waals surface area contributed by atoms with Gasteiger partial charge in [0.25, 0.3) is 8.91 Å². The lowest BCUT2D eigenvalue weighted by Gasteiger charge is -2.22. The van der Waals surface area contributed by atoms with Crippen LogP contribution in [-0.2, 0) is 17.2 Å². The molecule has 109 valence electrons. The van der Waals surface area contributed by atoms with E-state index in [1.807, 2.05) is 0 Å². The quantitative estimate of drug-likeness (QED) is 0.268. The van der Waals surface area contributed by atoms with Crippen LogP contribution in [0.5, 0.6) is 0 Å². The minimum Gasteiger partial charge on any atom is -0.586 e. The molecule has 0 rings (SSSR count). The number of hydrogen-bond donors (Lipinski definition) is 0. The Morgan fingerprint density at radius 3 is 1.26 bits per heavy atom. The van der Waals surface area contributed by atoms with Crippen molar-refractivity contribution in [2.45, 2.75) is 8.91 Å². The smallest absolute Gasteiger partial charge is 0.586 e. The molecule has 0 N–H and O–H groups in total. The van der Waals surface area contributed by atoms with E-state index >= 15 is 0 Å². The van der Waals surface area contributed by atoms with E-state index in [1.165, 1.54) is 0 Å². The SMILES string of the molecule is O=C([O][Al][O]C(=O)C(Cl)(Cl)N(Cl)Cl)C(Cl)(Cl)N(Cl)Cl. The van der Waals surface area contributed by atoms with Crippen LogP contribution in [0.1, 0.15) is 0 Å². The Morgan fingerprint density at radius 2 is 1.05 bits per heavy atom. The van der Waals surface area contributed by atoms with Crippen molar-refractivity contribution in [1.82, 2.24) is 7.88 Å². The average Bonchev–Trinajstić information content (AvgIpc) is 2.27. The fourth-order valence-electron chi connectivity index (χ4n) is 0.391. The number of hydrogen-bond acceptors (Lipinski definition) is 6. The van der Waals surface area contributed by atoms with E-state index < -0.39 is 36.7 Å². The highest BCUT2D eigenvalue weighted by atomic mass is 35.6. The van der Waals surface area contributed by atoms with E-state index in [9.17, 15) is 9.59 Å². The summed E-state index contributed by atoms with van der Waals surface area (Å²) in [5.41, 5.74) is 0. The van der Waals surface area contributed by atoms with Gasteiger partial charge in [-0.2, -0.15) is 0 Å². The molecule has 1 radical (unpaired) electrons. The third kappa shape index (κ3) is 6.15. The molecule has 0 saturated heterocycles. The standard InChI is InChI=1S/2C2HCl4NO2.Al/c2*3-2(4,1(8)9)7(5)6;/h2*(H,8,9);/q;;+2/p-2. The summed E-state index contributed by atoms with van der Waals surface area (Å²) in [4.78, 5) is 22.6. The van der Waals surface area contributed by atoms with Crippen LogP contribution in [-0.4, -0.2) is 44.6 Å². The monoisotopic (exact) mass is 447 g/mol. The van der Waals surface area contributed by atoms with Crippen LogP contribution in [0, 0.1) is 0 Å². The molecule has 0 unspecified atom stereocenters. The molecular weight excluding hydrogens is 451 g/mol. The number of nitrogens with zero attached hydrogens (tertiary/aromatic N) is 2. The highest BCUT2D eigenvalue weighted by molar-refractivity contribution is 6.63. The van der Waals surface area contributed by atoms with Crippen molar-refractivity contribution in [3.8, 4) is 0 Å². The summed E-state index contributed by atoms with van der Waals surface area (Å²) in [7, 11) is 0. The fraction of sp³-hybridized carbons (Fsp3) is 0.500. The van der Waals surface area contributed by atoms with Crippen molar-refractivity contribution >= 4 is 121 Å². The van der Waals surface area contributed by atoms with Gasteiger partial charge < -0.3 is 7.58 Å². The zero-order valence-electron chi connectivity index (χ0n) is 8.13. The topological polar surface area (TPSA) is 59.1 Å². The zero-order valence-corrected chi connectivity index (χ0v) is 15.3. The second kappa shape index (κ2) is 8.37. The van der Waals surface area contributed by atoms with E-state index in [0.717, 1.165) is 0 Å². The van der Waals surface area contributed by atoms with Gasteiger partial charge in [0, 0.05) is 0 Å². The van der Waals surface area contributed by atoms with Gasteiger partial charge >= 0.3 is 27.8 Å². The molecule has 0 aliphatic rings. The number of carbonyl (C=O) groups is 2. The number of carbonyl (C=O) groups excluding carboxylic acids is 2. The maximum absolute atomic E-state index is 11.3. The highest BCUT2D eigenvalue weighted by Gasteiger charge is 2.44. The molecule has 0 aromatic heterocycles. The molecule has 0 amide bonds. The molecule has 0 aromatic carbocycles. The Morgan fingerprint density at radius 1 is 0.789 bits per heavy atom. The van der Waals surface area contributed by atoms with Crippen molar-refractivity contribution in [3.05, 3.63) is 0 Å². The van der Waals surface area contributed by atoms with Crippen molar-refractivity contribution < 1.29 is 17.2 Å². The van der Waals surface area contributed by atoms with Gasteiger partial charge in [-0.3, -0.25) is 9.59 Å². The third-order valence-corrected chi connectivity index (χ3v) is 4.85. The molecular formula is C4AlCl8N2O4. The molecule has 0 atom stereocenters. The molecule has 0 bridgehead atoms. The summed E-state index contributed by atoms with van der Waals surface area (Å²) in [5.74, 6) is -2.57. The van der Waals surface area contributed by atoms with Crippen molar-refractivity contribution in [2.75, 3.05) is 0 Å². The summed E-state index contributed by atoms with van der Waals surface area (Å²) >= 11 is 40.6. The number of halogens is 8. The van der Waals surface area contributed by atoms with Gasteiger partial charge in [-0.15, -0.1) is 0 Å². The lowest BCUT2D eigenvalue weighted by Crippen LogP contribution is -2.40. The van der Waals surface area contributed by atoms with Crippen LogP contribution in [0.2, 0.25) is 0 Å². The molecule has 0 aromatic rings. The molecule has 0 aliphatic carbocycles. The zero-order chi connectivity index (χ0) is 15.4. The molecule has 0 heterocycles. The first-order valence-electron chi connectivity index (χ1n) is 3.67. The maximum Gasteiger partial charge on any atom is 0.886 e. The van der Waals surface area contributed by atoms with Gasteiger partial charge in [0.2, 0.25) is 0 Å². The second-order valence-electron chi connectivity index (χ2n) is 2.46. The van der Waals surface area contributed by atoms with Gasteiger partial charge in [0.15, 0.2) is 0 Å². The summed E-state index contributed by atoms with van der Waals surface area (Å²) in [6, 6.07) is 0. The minimum atomic E-state index is -2.38. The van der Waals surface area contributed by atoms with Crippen LogP contribution < -0.4 is 0 Å². The Labute approximate surface area is 154 Å². The summed E-state index contributed by atoms with van der Waals surface area (Å²) < 4.78 is 4.34. The third-order valence-electron chi connectivity index (χ3n) is 1.23. The average molecular weight is 451 g/mol. The van der Waals surface area contributed by atoms with Crippen molar-refractivity contribution in [1.29, 1.82) is 0 Å². The Hall–Kier alpha value is 1.71. The largest absolute Gasteiger partial charge is 0.886 e. The number of rotatable bonds is 6. The summed E-state index contributed by atoms with van der Waals surface area (Å²) in [5, 5.41) is 0. The van der Waals surface area contributed by atoms with Gasteiger partial charge in [0.1, 0.15) is 0 Å². The van der Waals surface area contributed by atoms with Gasteiger partial charge in [0.05, 0.1) is 0 Å². The van der Waals surface area contributed by atoms with E-state index in [2.05, 4.69) is 7.58 Å².